The second-order valence-corrected chi connectivity index (χ2v) is 7.44. The Morgan fingerprint density at radius 1 is 1.28 bits per heavy atom. The predicted molar refractivity (Wildman–Crippen MR) is 94.5 cm³/mol. The number of halogens is 1. The molecule has 0 saturated carbocycles. The van der Waals surface area contributed by atoms with Crippen LogP contribution < -0.4 is 9.62 Å². The van der Waals surface area contributed by atoms with Crippen molar-refractivity contribution >= 4 is 39.2 Å². The van der Waals surface area contributed by atoms with Crippen LogP contribution in [0.1, 0.15) is 16.8 Å². The van der Waals surface area contributed by atoms with Gasteiger partial charge in [-0.3, -0.25) is 9.10 Å². The maximum Gasteiger partial charge on any atom is 0.337 e. The Hall–Kier alpha value is -1.84. The summed E-state index contributed by atoms with van der Waals surface area (Å²) in [5.41, 5.74) is 0.148. The van der Waals surface area contributed by atoms with Crippen molar-refractivity contribution in [1.29, 1.82) is 0 Å². The molecule has 0 saturated heterocycles. The molecule has 0 aliphatic carbocycles. The molecule has 10 heteroatoms. The molecular weight excluding hydrogens is 372 g/mol. The van der Waals surface area contributed by atoms with Crippen molar-refractivity contribution in [2.45, 2.75) is 6.42 Å². The molecule has 1 amide bonds. The maximum absolute atomic E-state index is 12.1. The number of amides is 1. The zero-order chi connectivity index (χ0) is 19.0. The van der Waals surface area contributed by atoms with E-state index >= 15 is 0 Å². The Labute approximate surface area is 152 Å². The Bertz CT molecular complexity index is 723. The van der Waals surface area contributed by atoms with Crippen molar-refractivity contribution in [2.75, 3.05) is 44.5 Å². The van der Waals surface area contributed by atoms with Crippen LogP contribution in [-0.2, 0) is 24.3 Å². The molecule has 8 nitrogen and oxygen atoms in total. The highest BCUT2D eigenvalue weighted by atomic mass is 35.5. The first-order valence-corrected chi connectivity index (χ1v) is 9.54. The number of anilines is 1. The number of methoxy groups -OCH3 is 2. The summed E-state index contributed by atoms with van der Waals surface area (Å²) in [6.07, 6.45) is 1.55. The molecule has 1 N–H and O–H groups in total. The molecule has 1 aromatic carbocycles. The minimum absolute atomic E-state index is 0.0270. The number of nitrogens with zero attached hydrogens (tertiary/aromatic N) is 1. The second kappa shape index (κ2) is 9.59. The van der Waals surface area contributed by atoms with Crippen LogP contribution in [0.4, 0.5) is 5.69 Å². The van der Waals surface area contributed by atoms with E-state index in [1.807, 2.05) is 0 Å². The van der Waals surface area contributed by atoms with Crippen molar-refractivity contribution in [2.24, 2.45) is 0 Å². The van der Waals surface area contributed by atoms with Gasteiger partial charge in [0, 0.05) is 20.3 Å². The van der Waals surface area contributed by atoms with Gasteiger partial charge in [0.2, 0.25) is 15.9 Å². The van der Waals surface area contributed by atoms with Crippen molar-refractivity contribution in [3.05, 3.63) is 28.8 Å². The molecule has 0 aliphatic rings. The highest BCUT2D eigenvalue weighted by Crippen LogP contribution is 2.29. The molecule has 0 heterocycles. The average Bonchev–Trinajstić information content (AvgIpc) is 2.55. The minimum Gasteiger partial charge on any atom is -0.465 e. The largest absolute Gasteiger partial charge is 0.465 e. The number of rotatable bonds is 9. The Kier molecular flexibility index (Phi) is 8.14. The Morgan fingerprint density at radius 2 is 1.96 bits per heavy atom. The van der Waals surface area contributed by atoms with Gasteiger partial charge in [-0.15, -0.1) is 0 Å². The van der Waals surface area contributed by atoms with Gasteiger partial charge in [-0.1, -0.05) is 11.6 Å². The molecule has 25 heavy (non-hydrogen) atoms. The Balaban J connectivity index is 3.04. The molecule has 0 atom stereocenters. The molecular formula is C15H21ClN2O6S. The highest BCUT2D eigenvalue weighted by Gasteiger charge is 2.24. The number of ether oxygens (including phenoxy) is 2. The molecule has 0 aromatic heterocycles. The van der Waals surface area contributed by atoms with E-state index in [1.165, 1.54) is 25.3 Å². The third-order valence-electron chi connectivity index (χ3n) is 3.17. The summed E-state index contributed by atoms with van der Waals surface area (Å²) in [6.45, 7) is 0.361. The van der Waals surface area contributed by atoms with Gasteiger partial charge in [0.25, 0.3) is 0 Å². The third-order valence-corrected chi connectivity index (χ3v) is 4.62. The van der Waals surface area contributed by atoms with Gasteiger partial charge in [-0.05, 0) is 24.6 Å². The van der Waals surface area contributed by atoms with Gasteiger partial charge in [0.15, 0.2) is 0 Å². The van der Waals surface area contributed by atoms with Crippen molar-refractivity contribution < 1.29 is 27.5 Å². The summed E-state index contributed by atoms with van der Waals surface area (Å²) >= 11 is 6.07. The van der Waals surface area contributed by atoms with E-state index in [-0.39, 0.29) is 16.3 Å². The van der Waals surface area contributed by atoms with Gasteiger partial charge in [-0.2, -0.15) is 0 Å². The van der Waals surface area contributed by atoms with E-state index in [9.17, 15) is 18.0 Å². The zero-order valence-corrected chi connectivity index (χ0v) is 15.8. The second-order valence-electron chi connectivity index (χ2n) is 5.12. The number of carbonyl (C=O) groups excluding carboxylic acids is 2. The van der Waals surface area contributed by atoms with Crippen molar-refractivity contribution in [3.8, 4) is 0 Å². The first kappa shape index (κ1) is 21.2. The van der Waals surface area contributed by atoms with E-state index in [4.69, 9.17) is 16.3 Å². The molecule has 0 radical (unpaired) electrons. The summed E-state index contributed by atoms with van der Waals surface area (Å²) in [5.74, 6) is -1.14. The lowest BCUT2D eigenvalue weighted by molar-refractivity contribution is -0.119. The fraction of sp³-hybridized carbons (Fsp3) is 0.467. The fourth-order valence-electron chi connectivity index (χ4n) is 1.96. The smallest absolute Gasteiger partial charge is 0.337 e. The topological polar surface area (TPSA) is 102 Å². The molecule has 0 bridgehead atoms. The number of sulfonamides is 1. The van der Waals surface area contributed by atoms with E-state index in [1.54, 1.807) is 7.11 Å². The van der Waals surface area contributed by atoms with E-state index in [2.05, 4.69) is 10.1 Å². The molecule has 0 unspecified atom stereocenters. The van der Waals surface area contributed by atoms with Crippen LogP contribution in [0.5, 0.6) is 0 Å². The van der Waals surface area contributed by atoms with Crippen LogP contribution in [-0.4, -0.2) is 60.5 Å². The SMILES string of the molecule is COCCCNC(=O)CN(c1cc(C(=O)OC)ccc1Cl)S(C)(=O)=O. The number of carbonyl (C=O) groups is 2. The van der Waals surface area contributed by atoms with Gasteiger partial charge in [0.05, 0.1) is 29.6 Å². The monoisotopic (exact) mass is 392 g/mol. The summed E-state index contributed by atoms with van der Waals surface area (Å²) in [7, 11) is -1.06. The molecule has 0 aliphatic heterocycles. The van der Waals surface area contributed by atoms with Crippen LogP contribution >= 0.6 is 11.6 Å². The third kappa shape index (κ3) is 6.52. The van der Waals surface area contributed by atoms with Crippen LogP contribution in [0.25, 0.3) is 0 Å². The van der Waals surface area contributed by atoms with Gasteiger partial charge in [0.1, 0.15) is 6.54 Å². The standard InChI is InChI=1S/C15H21ClN2O6S/c1-23-8-4-7-17-14(19)10-18(25(3,21)22)13-9-11(15(20)24-2)5-6-12(13)16/h5-6,9H,4,7-8,10H2,1-3H3,(H,17,19). The highest BCUT2D eigenvalue weighted by molar-refractivity contribution is 7.92. The first-order valence-electron chi connectivity index (χ1n) is 7.32. The lowest BCUT2D eigenvalue weighted by atomic mass is 10.2. The molecule has 0 spiro atoms. The van der Waals surface area contributed by atoms with E-state index < -0.39 is 28.4 Å². The van der Waals surface area contributed by atoms with E-state index in [0.29, 0.717) is 19.6 Å². The normalized spacial score (nSPS) is 11.0. The summed E-state index contributed by atoms with van der Waals surface area (Å²) < 4.78 is 34.5. The van der Waals surface area contributed by atoms with Crippen LogP contribution in [0, 0.1) is 0 Å². The average molecular weight is 393 g/mol. The van der Waals surface area contributed by atoms with Crippen LogP contribution in [0.2, 0.25) is 5.02 Å². The number of esters is 1. The molecule has 1 aromatic rings. The van der Waals surface area contributed by atoms with Gasteiger partial charge >= 0.3 is 5.97 Å². The predicted octanol–water partition coefficient (Wildman–Crippen LogP) is 1.05. The number of benzene rings is 1. The van der Waals surface area contributed by atoms with Crippen molar-refractivity contribution in [3.63, 3.8) is 0 Å². The maximum atomic E-state index is 12.1. The lowest BCUT2D eigenvalue weighted by Crippen LogP contribution is -2.41. The van der Waals surface area contributed by atoms with Crippen LogP contribution in [0.15, 0.2) is 18.2 Å². The molecule has 140 valence electrons. The summed E-state index contributed by atoms with van der Waals surface area (Å²) in [5, 5.41) is 2.69. The zero-order valence-electron chi connectivity index (χ0n) is 14.2. The summed E-state index contributed by atoms with van der Waals surface area (Å²) in [4.78, 5) is 23.7. The number of hydrogen-bond donors (Lipinski definition) is 1. The minimum atomic E-state index is -3.81. The quantitative estimate of drug-likeness (QED) is 0.497. The Morgan fingerprint density at radius 3 is 2.52 bits per heavy atom. The van der Waals surface area contributed by atoms with Gasteiger partial charge < -0.3 is 14.8 Å². The molecule has 1 rings (SSSR count). The summed E-state index contributed by atoms with van der Waals surface area (Å²) in [6, 6.07) is 4.05. The molecule has 0 fully saturated rings. The van der Waals surface area contributed by atoms with E-state index in [0.717, 1.165) is 10.6 Å². The fourth-order valence-corrected chi connectivity index (χ4v) is 3.09. The number of hydrogen-bond acceptors (Lipinski definition) is 6. The van der Waals surface area contributed by atoms with Crippen molar-refractivity contribution in [1.82, 2.24) is 5.32 Å². The number of nitrogens with one attached hydrogen (secondary N) is 1. The van der Waals surface area contributed by atoms with Crippen LogP contribution in [0.3, 0.4) is 0 Å². The first-order chi connectivity index (χ1) is 11.7. The van der Waals surface area contributed by atoms with Gasteiger partial charge in [-0.25, -0.2) is 13.2 Å². The lowest BCUT2D eigenvalue weighted by Gasteiger charge is -2.23.